The number of hydrogen-bond acceptors (Lipinski definition) is 2. The third kappa shape index (κ3) is 1.66. The molecule has 0 bridgehead atoms. The van der Waals surface area contributed by atoms with Crippen LogP contribution in [0.15, 0.2) is 48.7 Å². The van der Waals surface area contributed by atoms with Crippen LogP contribution in [0.3, 0.4) is 0 Å². The van der Waals surface area contributed by atoms with Gasteiger partial charge in [0.1, 0.15) is 6.07 Å². The van der Waals surface area contributed by atoms with Crippen molar-refractivity contribution in [3.63, 3.8) is 0 Å². The summed E-state index contributed by atoms with van der Waals surface area (Å²) in [4.78, 5) is 6.95. The summed E-state index contributed by atoms with van der Waals surface area (Å²) in [6.45, 7) is 0. The molecule has 3 heteroatoms. The maximum atomic E-state index is 8.73. The number of fused-ring (bicyclic) bond motifs is 1. The average Bonchev–Trinajstić information content (AvgIpc) is 2.87. The van der Waals surface area contributed by atoms with E-state index in [1.807, 2.05) is 24.3 Å². The van der Waals surface area contributed by atoms with E-state index in [0.717, 1.165) is 11.3 Å². The molecular formula is C14H9N3. The Morgan fingerprint density at radius 2 is 1.88 bits per heavy atom. The Bertz CT molecular complexity index is 719. The summed E-state index contributed by atoms with van der Waals surface area (Å²) in [6, 6.07) is 16.3. The lowest BCUT2D eigenvalue weighted by Crippen LogP contribution is -1.79. The van der Waals surface area contributed by atoms with Crippen LogP contribution >= 0.6 is 0 Å². The van der Waals surface area contributed by atoms with Gasteiger partial charge in [-0.15, -0.1) is 0 Å². The molecule has 0 amide bonds. The van der Waals surface area contributed by atoms with Crippen LogP contribution in [0.4, 0.5) is 0 Å². The maximum Gasteiger partial charge on any atom is 0.210 e. The van der Waals surface area contributed by atoms with Crippen molar-refractivity contribution in [1.82, 2.24) is 9.97 Å². The molecule has 1 N–H and O–H groups in total. The highest BCUT2D eigenvalue weighted by atomic mass is 14.9. The fraction of sp³-hybridized carbons (Fsp3) is 0. The van der Waals surface area contributed by atoms with E-state index in [0.29, 0.717) is 5.82 Å². The third-order valence-electron chi connectivity index (χ3n) is 2.74. The topological polar surface area (TPSA) is 52.5 Å². The molecule has 1 heterocycles. The molecule has 80 valence electrons. The van der Waals surface area contributed by atoms with Crippen LogP contribution in [-0.2, 0) is 0 Å². The van der Waals surface area contributed by atoms with Crippen LogP contribution in [0.1, 0.15) is 5.82 Å². The van der Waals surface area contributed by atoms with E-state index in [1.54, 1.807) is 6.20 Å². The van der Waals surface area contributed by atoms with Crippen molar-refractivity contribution in [2.45, 2.75) is 0 Å². The molecule has 0 unspecified atom stereocenters. The van der Waals surface area contributed by atoms with Crippen LogP contribution in [-0.4, -0.2) is 9.97 Å². The molecule has 3 rings (SSSR count). The van der Waals surface area contributed by atoms with Gasteiger partial charge in [-0.3, -0.25) is 0 Å². The van der Waals surface area contributed by atoms with Crippen LogP contribution < -0.4 is 0 Å². The number of rotatable bonds is 1. The normalized spacial score (nSPS) is 10.3. The Balaban J connectivity index is 2.15. The average molecular weight is 219 g/mol. The molecule has 0 aliphatic heterocycles. The Hall–Kier alpha value is -2.60. The predicted octanol–water partition coefficient (Wildman–Crippen LogP) is 3.10. The highest BCUT2D eigenvalue weighted by Crippen LogP contribution is 2.22. The third-order valence-corrected chi connectivity index (χ3v) is 2.74. The molecule has 0 aliphatic rings. The first-order chi connectivity index (χ1) is 8.36. The van der Waals surface area contributed by atoms with Gasteiger partial charge in [0.15, 0.2) is 0 Å². The van der Waals surface area contributed by atoms with E-state index in [1.165, 1.54) is 10.8 Å². The van der Waals surface area contributed by atoms with Crippen molar-refractivity contribution in [1.29, 1.82) is 5.26 Å². The summed E-state index contributed by atoms with van der Waals surface area (Å²) in [5.41, 5.74) is 1.91. The molecule has 0 fully saturated rings. The molecule has 0 saturated carbocycles. The molecule has 0 aliphatic carbocycles. The SMILES string of the molecule is N#Cc1ncc(-c2ccc3ccccc3c2)[nH]1. The minimum Gasteiger partial charge on any atom is -0.329 e. The summed E-state index contributed by atoms with van der Waals surface area (Å²) in [7, 11) is 0. The number of aromatic amines is 1. The smallest absolute Gasteiger partial charge is 0.210 e. The van der Waals surface area contributed by atoms with Gasteiger partial charge in [-0.05, 0) is 16.8 Å². The zero-order valence-corrected chi connectivity index (χ0v) is 9.01. The van der Waals surface area contributed by atoms with Gasteiger partial charge >= 0.3 is 0 Å². The van der Waals surface area contributed by atoms with Crippen molar-refractivity contribution in [2.24, 2.45) is 0 Å². The van der Waals surface area contributed by atoms with Gasteiger partial charge < -0.3 is 4.98 Å². The molecule has 0 radical (unpaired) electrons. The molecular weight excluding hydrogens is 210 g/mol. The Labute approximate surface area is 98.4 Å². The molecule has 0 spiro atoms. The summed E-state index contributed by atoms with van der Waals surface area (Å²) in [5, 5.41) is 11.1. The predicted molar refractivity (Wildman–Crippen MR) is 66.2 cm³/mol. The van der Waals surface area contributed by atoms with E-state index >= 15 is 0 Å². The van der Waals surface area contributed by atoms with Crippen molar-refractivity contribution in [3.05, 3.63) is 54.5 Å². The zero-order chi connectivity index (χ0) is 11.7. The molecule has 17 heavy (non-hydrogen) atoms. The second kappa shape index (κ2) is 3.76. The molecule has 0 saturated heterocycles. The quantitative estimate of drug-likeness (QED) is 0.683. The lowest BCUT2D eigenvalue weighted by molar-refractivity contribution is 1.23. The highest BCUT2D eigenvalue weighted by Gasteiger charge is 2.03. The molecule has 0 atom stereocenters. The van der Waals surface area contributed by atoms with Gasteiger partial charge in [0.25, 0.3) is 0 Å². The van der Waals surface area contributed by atoms with Gasteiger partial charge in [0, 0.05) is 5.56 Å². The van der Waals surface area contributed by atoms with E-state index in [2.05, 4.69) is 34.2 Å². The van der Waals surface area contributed by atoms with Gasteiger partial charge in [0.2, 0.25) is 5.82 Å². The fourth-order valence-corrected chi connectivity index (χ4v) is 1.88. The number of nitriles is 1. The van der Waals surface area contributed by atoms with Gasteiger partial charge in [-0.2, -0.15) is 5.26 Å². The number of nitrogens with one attached hydrogen (secondary N) is 1. The monoisotopic (exact) mass is 219 g/mol. The summed E-state index contributed by atoms with van der Waals surface area (Å²) in [5.74, 6) is 0.341. The largest absolute Gasteiger partial charge is 0.329 e. The van der Waals surface area contributed by atoms with Crippen molar-refractivity contribution in [3.8, 4) is 17.3 Å². The summed E-state index contributed by atoms with van der Waals surface area (Å²) >= 11 is 0. The van der Waals surface area contributed by atoms with Crippen LogP contribution in [0.2, 0.25) is 0 Å². The minimum absolute atomic E-state index is 0.341. The van der Waals surface area contributed by atoms with E-state index in [-0.39, 0.29) is 0 Å². The van der Waals surface area contributed by atoms with E-state index in [4.69, 9.17) is 5.26 Å². The van der Waals surface area contributed by atoms with Gasteiger partial charge in [-0.25, -0.2) is 4.98 Å². The maximum absolute atomic E-state index is 8.73. The minimum atomic E-state index is 0.341. The molecule has 1 aromatic heterocycles. The van der Waals surface area contributed by atoms with Crippen LogP contribution in [0.25, 0.3) is 22.0 Å². The zero-order valence-electron chi connectivity index (χ0n) is 9.01. The van der Waals surface area contributed by atoms with Crippen molar-refractivity contribution >= 4 is 10.8 Å². The Kier molecular flexibility index (Phi) is 2.13. The van der Waals surface area contributed by atoms with Crippen molar-refractivity contribution in [2.75, 3.05) is 0 Å². The second-order valence-electron chi connectivity index (χ2n) is 3.82. The van der Waals surface area contributed by atoms with Gasteiger partial charge in [-0.1, -0.05) is 36.4 Å². The lowest BCUT2D eigenvalue weighted by Gasteiger charge is -2.00. The standard InChI is InChI=1S/C14H9N3/c15-8-14-16-9-13(17-14)12-6-5-10-3-1-2-4-11(10)7-12/h1-7,9H,(H,16,17). The molecule has 3 nitrogen and oxygen atoms in total. The fourth-order valence-electron chi connectivity index (χ4n) is 1.88. The lowest BCUT2D eigenvalue weighted by atomic mass is 10.1. The first kappa shape index (κ1) is 9.61. The van der Waals surface area contributed by atoms with Crippen molar-refractivity contribution < 1.29 is 0 Å². The first-order valence-corrected chi connectivity index (χ1v) is 5.31. The first-order valence-electron chi connectivity index (χ1n) is 5.31. The highest BCUT2D eigenvalue weighted by molar-refractivity contribution is 5.86. The number of nitrogens with zero attached hydrogens (tertiary/aromatic N) is 2. The number of aromatic nitrogens is 2. The van der Waals surface area contributed by atoms with E-state index < -0.39 is 0 Å². The Morgan fingerprint density at radius 1 is 1.06 bits per heavy atom. The molecule has 3 aromatic rings. The van der Waals surface area contributed by atoms with Gasteiger partial charge in [0.05, 0.1) is 11.9 Å². The number of H-pyrrole nitrogens is 1. The second-order valence-corrected chi connectivity index (χ2v) is 3.82. The molecule has 2 aromatic carbocycles. The number of imidazole rings is 1. The van der Waals surface area contributed by atoms with Crippen LogP contribution in [0, 0.1) is 11.3 Å². The van der Waals surface area contributed by atoms with E-state index in [9.17, 15) is 0 Å². The Morgan fingerprint density at radius 3 is 2.65 bits per heavy atom. The summed E-state index contributed by atoms with van der Waals surface area (Å²) in [6.07, 6.45) is 1.68. The van der Waals surface area contributed by atoms with Crippen LogP contribution in [0.5, 0.6) is 0 Å². The summed E-state index contributed by atoms with van der Waals surface area (Å²) < 4.78 is 0. The number of hydrogen-bond donors (Lipinski definition) is 1. The number of benzene rings is 2.